The Hall–Kier alpha value is -2.67. The molecule has 0 aliphatic carbocycles. The van der Waals surface area contributed by atoms with E-state index >= 15 is 0 Å². The second-order valence-corrected chi connectivity index (χ2v) is 6.29. The molecule has 1 aromatic heterocycles. The molecule has 0 bridgehead atoms. The number of hydrogen-bond donors (Lipinski definition) is 2. The Morgan fingerprint density at radius 2 is 2.00 bits per heavy atom. The molecule has 0 aliphatic rings. The molecule has 3 rings (SSSR count). The number of nitrogens with zero attached hydrogens (tertiary/aromatic N) is 2. The number of anilines is 1. The number of carbonyl (C=O) groups is 1. The summed E-state index contributed by atoms with van der Waals surface area (Å²) in [5.74, 6) is -0.341. The summed E-state index contributed by atoms with van der Waals surface area (Å²) >= 11 is 3.46. The zero-order valence-corrected chi connectivity index (χ0v) is 14.8. The first-order valence-electron chi connectivity index (χ1n) is 7.69. The number of imidazole rings is 1. The molecule has 2 N–H and O–H groups in total. The summed E-state index contributed by atoms with van der Waals surface area (Å²) in [6.07, 6.45) is 4.15. The summed E-state index contributed by atoms with van der Waals surface area (Å²) in [6.45, 7) is 0.451. The molecule has 128 valence electrons. The fourth-order valence-corrected chi connectivity index (χ4v) is 2.77. The Morgan fingerprint density at radius 3 is 2.76 bits per heavy atom. The van der Waals surface area contributed by atoms with Gasteiger partial charge in [-0.2, -0.15) is 0 Å². The minimum Gasteiger partial charge on any atom is -0.337 e. The topological polar surface area (TPSA) is 59.0 Å². The molecule has 7 heteroatoms. The highest BCUT2D eigenvalue weighted by atomic mass is 79.9. The number of nitrogens with one attached hydrogen (secondary N) is 2. The lowest BCUT2D eigenvalue weighted by atomic mass is 10.2. The van der Waals surface area contributed by atoms with Crippen LogP contribution in [-0.4, -0.2) is 22.1 Å². The molecule has 0 spiro atoms. The Labute approximate surface area is 153 Å². The van der Waals surface area contributed by atoms with Gasteiger partial charge in [-0.05, 0) is 42.5 Å². The number of carbonyl (C=O) groups excluding carboxylic acids is 1. The van der Waals surface area contributed by atoms with Crippen LogP contribution in [0.1, 0.15) is 5.69 Å². The average molecular weight is 403 g/mol. The van der Waals surface area contributed by atoms with Crippen LogP contribution >= 0.6 is 15.9 Å². The first-order chi connectivity index (χ1) is 12.1. The van der Waals surface area contributed by atoms with E-state index in [1.165, 1.54) is 24.3 Å². The predicted molar refractivity (Wildman–Crippen MR) is 98.4 cm³/mol. The van der Waals surface area contributed by atoms with Crippen LogP contribution in [0, 0.1) is 5.82 Å². The van der Waals surface area contributed by atoms with Gasteiger partial charge in [-0.3, -0.25) is 0 Å². The van der Waals surface area contributed by atoms with E-state index in [0.29, 0.717) is 18.7 Å². The van der Waals surface area contributed by atoms with E-state index in [9.17, 15) is 9.18 Å². The van der Waals surface area contributed by atoms with Crippen molar-refractivity contribution in [1.82, 2.24) is 14.9 Å². The van der Waals surface area contributed by atoms with Gasteiger partial charge in [0.1, 0.15) is 5.82 Å². The van der Waals surface area contributed by atoms with Gasteiger partial charge in [0.05, 0.1) is 6.33 Å². The lowest BCUT2D eigenvalue weighted by molar-refractivity contribution is 0.252. The summed E-state index contributed by atoms with van der Waals surface area (Å²) in [6, 6.07) is 13.2. The number of aromatic nitrogens is 2. The van der Waals surface area contributed by atoms with Crippen molar-refractivity contribution < 1.29 is 9.18 Å². The SMILES string of the molecule is O=C(NCCc1cncn1-c1cccc(Br)c1)Nc1ccc(F)cc1. The zero-order chi connectivity index (χ0) is 17.6. The van der Waals surface area contributed by atoms with Crippen LogP contribution in [0.15, 0.2) is 65.5 Å². The van der Waals surface area contributed by atoms with Gasteiger partial charge in [-0.1, -0.05) is 22.0 Å². The van der Waals surface area contributed by atoms with E-state index in [4.69, 9.17) is 0 Å². The molecule has 1 heterocycles. The molecule has 5 nitrogen and oxygen atoms in total. The second-order valence-electron chi connectivity index (χ2n) is 5.37. The minimum atomic E-state index is -0.341. The maximum absolute atomic E-state index is 12.8. The van der Waals surface area contributed by atoms with Crippen molar-refractivity contribution >= 4 is 27.6 Å². The van der Waals surface area contributed by atoms with Gasteiger partial charge in [-0.15, -0.1) is 0 Å². The van der Waals surface area contributed by atoms with Crippen molar-refractivity contribution in [1.29, 1.82) is 0 Å². The van der Waals surface area contributed by atoms with E-state index < -0.39 is 0 Å². The molecular weight excluding hydrogens is 387 g/mol. The number of rotatable bonds is 5. The van der Waals surface area contributed by atoms with Crippen molar-refractivity contribution in [3.63, 3.8) is 0 Å². The van der Waals surface area contributed by atoms with E-state index in [1.807, 2.05) is 28.8 Å². The van der Waals surface area contributed by atoms with E-state index in [1.54, 1.807) is 12.5 Å². The van der Waals surface area contributed by atoms with Crippen LogP contribution < -0.4 is 10.6 Å². The van der Waals surface area contributed by atoms with Crippen LogP contribution in [0.3, 0.4) is 0 Å². The third kappa shape index (κ3) is 4.67. The second kappa shape index (κ2) is 7.94. The molecule has 25 heavy (non-hydrogen) atoms. The van der Waals surface area contributed by atoms with Crippen molar-refractivity contribution in [2.75, 3.05) is 11.9 Å². The molecule has 2 amide bonds. The summed E-state index contributed by atoms with van der Waals surface area (Å²) < 4.78 is 15.8. The van der Waals surface area contributed by atoms with E-state index in [0.717, 1.165) is 15.9 Å². The number of amides is 2. The number of hydrogen-bond acceptors (Lipinski definition) is 2. The molecule has 0 radical (unpaired) electrons. The summed E-state index contributed by atoms with van der Waals surface area (Å²) in [5.41, 5.74) is 2.52. The zero-order valence-electron chi connectivity index (χ0n) is 13.2. The minimum absolute atomic E-state index is 0.333. The summed E-state index contributed by atoms with van der Waals surface area (Å²) in [7, 11) is 0. The fourth-order valence-electron chi connectivity index (χ4n) is 2.38. The number of benzene rings is 2. The van der Waals surface area contributed by atoms with Gasteiger partial charge in [0.25, 0.3) is 0 Å². The highest BCUT2D eigenvalue weighted by Crippen LogP contribution is 2.17. The molecular formula is C18H16BrFN4O. The Balaban J connectivity index is 1.55. The summed E-state index contributed by atoms with van der Waals surface area (Å²) in [4.78, 5) is 16.1. The molecule has 0 atom stereocenters. The van der Waals surface area contributed by atoms with Gasteiger partial charge in [0.15, 0.2) is 0 Å². The maximum Gasteiger partial charge on any atom is 0.319 e. The lowest BCUT2D eigenvalue weighted by Crippen LogP contribution is -2.30. The van der Waals surface area contributed by atoms with Gasteiger partial charge < -0.3 is 15.2 Å². The molecule has 0 saturated heterocycles. The van der Waals surface area contributed by atoms with Crippen LogP contribution in [0.25, 0.3) is 5.69 Å². The average Bonchev–Trinajstić information content (AvgIpc) is 3.05. The standard InChI is InChI=1S/C18H16BrFN4O/c19-13-2-1-3-16(10-13)24-12-21-11-17(24)8-9-22-18(25)23-15-6-4-14(20)5-7-15/h1-7,10-12H,8-9H2,(H2,22,23,25). The molecule has 0 saturated carbocycles. The van der Waals surface area contributed by atoms with Crippen LogP contribution in [-0.2, 0) is 6.42 Å². The van der Waals surface area contributed by atoms with E-state index in [-0.39, 0.29) is 11.8 Å². The Bertz CT molecular complexity index is 864. The predicted octanol–water partition coefficient (Wildman–Crippen LogP) is 4.14. The lowest BCUT2D eigenvalue weighted by Gasteiger charge is -2.10. The third-order valence-electron chi connectivity index (χ3n) is 3.57. The number of urea groups is 1. The van der Waals surface area contributed by atoms with Crippen LogP contribution in [0.2, 0.25) is 0 Å². The Kier molecular flexibility index (Phi) is 5.45. The van der Waals surface area contributed by atoms with Gasteiger partial charge in [-0.25, -0.2) is 14.2 Å². The van der Waals surface area contributed by atoms with Crippen molar-refractivity contribution in [3.8, 4) is 5.69 Å². The maximum atomic E-state index is 12.8. The van der Waals surface area contributed by atoms with Crippen LogP contribution in [0.4, 0.5) is 14.9 Å². The smallest absolute Gasteiger partial charge is 0.319 e. The van der Waals surface area contributed by atoms with Crippen molar-refractivity contribution in [2.24, 2.45) is 0 Å². The van der Waals surface area contributed by atoms with Crippen molar-refractivity contribution in [2.45, 2.75) is 6.42 Å². The van der Waals surface area contributed by atoms with Crippen molar-refractivity contribution in [3.05, 3.63) is 77.0 Å². The third-order valence-corrected chi connectivity index (χ3v) is 4.06. The molecule has 2 aromatic carbocycles. The van der Waals surface area contributed by atoms with Crippen LogP contribution in [0.5, 0.6) is 0 Å². The quantitative estimate of drug-likeness (QED) is 0.673. The monoisotopic (exact) mass is 402 g/mol. The largest absolute Gasteiger partial charge is 0.337 e. The highest BCUT2D eigenvalue weighted by Gasteiger charge is 2.06. The highest BCUT2D eigenvalue weighted by molar-refractivity contribution is 9.10. The van der Waals surface area contributed by atoms with E-state index in [2.05, 4.69) is 31.5 Å². The molecule has 0 unspecified atom stereocenters. The number of halogens is 2. The molecule has 3 aromatic rings. The Morgan fingerprint density at radius 1 is 1.20 bits per heavy atom. The first-order valence-corrected chi connectivity index (χ1v) is 8.49. The van der Waals surface area contributed by atoms with Gasteiger partial charge in [0, 0.05) is 40.7 Å². The van der Waals surface area contributed by atoms with Gasteiger partial charge >= 0.3 is 6.03 Å². The summed E-state index contributed by atoms with van der Waals surface area (Å²) in [5, 5.41) is 5.44. The van der Waals surface area contributed by atoms with Gasteiger partial charge in [0.2, 0.25) is 0 Å². The normalized spacial score (nSPS) is 10.5. The molecule has 0 fully saturated rings. The fraction of sp³-hybridized carbons (Fsp3) is 0.111. The molecule has 0 aliphatic heterocycles. The first kappa shape index (κ1) is 17.2.